The van der Waals surface area contributed by atoms with Gasteiger partial charge in [0.2, 0.25) is 0 Å². The van der Waals surface area contributed by atoms with Crippen molar-refractivity contribution in [2.75, 3.05) is 13.1 Å². The Hall–Kier alpha value is -3.04. The summed E-state index contributed by atoms with van der Waals surface area (Å²) in [6.45, 7) is -0.705. The van der Waals surface area contributed by atoms with Crippen molar-refractivity contribution in [2.24, 2.45) is 0 Å². The van der Waals surface area contributed by atoms with Crippen molar-refractivity contribution in [1.29, 1.82) is 0 Å². The van der Waals surface area contributed by atoms with E-state index < -0.39 is 47.4 Å². The third-order valence-corrected chi connectivity index (χ3v) is 3.69. The van der Waals surface area contributed by atoms with Gasteiger partial charge in [0.25, 0.3) is 11.8 Å². The number of nitrogens with zero attached hydrogens (tertiary/aromatic N) is 1. The van der Waals surface area contributed by atoms with Gasteiger partial charge in [-0.05, 0) is 17.7 Å². The number of carbonyl (C=O) groups excluding carboxylic acids is 2. The van der Waals surface area contributed by atoms with Crippen molar-refractivity contribution in [3.63, 3.8) is 0 Å². The fourth-order valence-corrected chi connectivity index (χ4v) is 2.39. The Kier molecular flexibility index (Phi) is 5.53. The third kappa shape index (κ3) is 4.52. The molecule has 0 saturated heterocycles. The smallest absolute Gasteiger partial charge is 0.416 e. The Morgan fingerprint density at radius 1 is 1.19 bits per heavy atom. The summed E-state index contributed by atoms with van der Waals surface area (Å²) in [5, 5.41) is 20.3. The van der Waals surface area contributed by atoms with Crippen LogP contribution >= 0.6 is 0 Å². The second-order valence-corrected chi connectivity index (χ2v) is 5.57. The zero-order chi connectivity index (χ0) is 19.5. The Morgan fingerprint density at radius 3 is 2.35 bits per heavy atom. The van der Waals surface area contributed by atoms with E-state index in [1.54, 1.807) is 0 Å². The molecule has 1 aromatic rings. The second kappa shape index (κ2) is 7.46. The number of aliphatic hydroxyl groups is 1. The molecule has 2 rings (SSSR count). The summed E-state index contributed by atoms with van der Waals surface area (Å²) in [5.41, 5.74) is -0.972. The number of carboxylic acids is 1. The zero-order valence-corrected chi connectivity index (χ0v) is 13.3. The molecule has 26 heavy (non-hydrogen) atoms. The van der Waals surface area contributed by atoms with Crippen molar-refractivity contribution >= 4 is 17.8 Å². The normalized spacial score (nSPS) is 15.2. The maximum Gasteiger partial charge on any atom is 0.416 e. The topological polar surface area (TPSA) is 107 Å². The summed E-state index contributed by atoms with van der Waals surface area (Å²) in [6.07, 6.45) is -4.49. The largest absolute Gasteiger partial charge is 0.511 e. The van der Waals surface area contributed by atoms with E-state index in [4.69, 9.17) is 5.11 Å². The van der Waals surface area contributed by atoms with Crippen LogP contribution in [0.1, 0.15) is 17.5 Å². The molecule has 10 heteroatoms. The number of carboxylic acid groups (broad SMARTS) is 1. The van der Waals surface area contributed by atoms with Crippen molar-refractivity contribution in [1.82, 2.24) is 10.2 Å². The van der Waals surface area contributed by atoms with Crippen molar-refractivity contribution in [3.8, 4) is 0 Å². The first-order chi connectivity index (χ1) is 12.1. The summed E-state index contributed by atoms with van der Waals surface area (Å²) in [5.74, 6) is -3.62. The number of nitrogens with one attached hydrogen (secondary N) is 1. The van der Waals surface area contributed by atoms with Gasteiger partial charge in [0.05, 0.1) is 5.56 Å². The molecule has 1 aliphatic rings. The molecule has 0 atom stereocenters. The number of carbonyl (C=O) groups is 3. The molecule has 1 aliphatic heterocycles. The number of alkyl halides is 3. The number of amides is 2. The third-order valence-electron chi connectivity index (χ3n) is 3.69. The zero-order valence-electron chi connectivity index (χ0n) is 13.3. The highest BCUT2D eigenvalue weighted by atomic mass is 19.4. The van der Waals surface area contributed by atoms with Crippen molar-refractivity contribution in [2.45, 2.75) is 19.1 Å². The van der Waals surface area contributed by atoms with E-state index >= 15 is 0 Å². The monoisotopic (exact) mass is 372 g/mol. The number of halogens is 3. The highest BCUT2D eigenvalue weighted by Crippen LogP contribution is 2.29. The van der Waals surface area contributed by atoms with Crippen molar-refractivity contribution in [3.05, 3.63) is 46.7 Å². The highest BCUT2D eigenvalue weighted by Gasteiger charge is 2.33. The van der Waals surface area contributed by atoms with E-state index in [-0.39, 0.29) is 19.5 Å². The van der Waals surface area contributed by atoms with E-state index in [0.29, 0.717) is 5.56 Å². The van der Waals surface area contributed by atoms with Gasteiger partial charge in [-0.3, -0.25) is 14.4 Å². The van der Waals surface area contributed by atoms with Gasteiger partial charge < -0.3 is 20.4 Å². The Labute approximate surface area is 145 Å². The molecular formula is C16H15F3N2O5. The average Bonchev–Trinajstić information content (AvgIpc) is 2.55. The maximum absolute atomic E-state index is 12.6. The van der Waals surface area contributed by atoms with Crippen LogP contribution in [0.25, 0.3) is 0 Å². The van der Waals surface area contributed by atoms with Gasteiger partial charge in [-0.1, -0.05) is 12.1 Å². The Bertz CT molecular complexity index is 756. The van der Waals surface area contributed by atoms with Crippen LogP contribution in [0.3, 0.4) is 0 Å². The summed E-state index contributed by atoms with van der Waals surface area (Å²) in [6, 6.07) is 4.21. The fourth-order valence-electron chi connectivity index (χ4n) is 2.39. The number of hydrogen-bond donors (Lipinski definition) is 3. The molecule has 2 amide bonds. The summed E-state index contributed by atoms with van der Waals surface area (Å²) < 4.78 is 37.7. The average molecular weight is 372 g/mol. The number of hydrogen-bond acceptors (Lipinski definition) is 4. The molecule has 0 aliphatic carbocycles. The van der Waals surface area contributed by atoms with Crippen LogP contribution in [0.4, 0.5) is 13.2 Å². The summed E-state index contributed by atoms with van der Waals surface area (Å²) in [7, 11) is 0. The minimum absolute atomic E-state index is 0.0256. The van der Waals surface area contributed by atoms with Crippen LogP contribution in [0.2, 0.25) is 0 Å². The lowest BCUT2D eigenvalue weighted by Gasteiger charge is -2.28. The quantitative estimate of drug-likeness (QED) is 0.679. The van der Waals surface area contributed by atoms with E-state index in [1.165, 1.54) is 17.0 Å². The molecule has 0 unspecified atom stereocenters. The first-order valence-corrected chi connectivity index (χ1v) is 7.47. The number of benzene rings is 1. The molecule has 0 saturated carbocycles. The molecule has 1 aromatic carbocycles. The predicted octanol–water partition coefficient (Wildman–Crippen LogP) is 1.45. The summed E-state index contributed by atoms with van der Waals surface area (Å²) >= 11 is 0. The number of aliphatic carboxylic acids is 1. The van der Waals surface area contributed by atoms with E-state index in [1.807, 2.05) is 5.32 Å². The van der Waals surface area contributed by atoms with Gasteiger partial charge in [0.1, 0.15) is 17.9 Å². The fraction of sp³-hybridized carbons (Fsp3) is 0.312. The standard InChI is InChI=1S/C16H15F3N2O5/c17-16(18,19)10-3-1-9(2-4-10)8-21-6-5-11(22)13(15(21)26)14(25)20-7-12(23)24/h1-4,22H,5-8H2,(H,20,25)(H,23,24). The minimum atomic E-state index is -4.47. The van der Waals surface area contributed by atoms with Crippen LogP contribution < -0.4 is 5.32 Å². The van der Waals surface area contributed by atoms with Gasteiger partial charge in [0, 0.05) is 19.5 Å². The molecular weight excluding hydrogens is 357 g/mol. The second-order valence-electron chi connectivity index (χ2n) is 5.57. The molecule has 0 fully saturated rings. The van der Waals surface area contributed by atoms with Gasteiger partial charge >= 0.3 is 12.1 Å². The molecule has 7 nitrogen and oxygen atoms in total. The minimum Gasteiger partial charge on any atom is -0.511 e. The van der Waals surface area contributed by atoms with Crippen LogP contribution in [0.15, 0.2) is 35.6 Å². The van der Waals surface area contributed by atoms with Crippen LogP contribution in [0, 0.1) is 0 Å². The summed E-state index contributed by atoms with van der Waals surface area (Å²) in [4.78, 5) is 36.0. The van der Waals surface area contributed by atoms with Crippen LogP contribution in [-0.4, -0.2) is 46.0 Å². The van der Waals surface area contributed by atoms with Crippen LogP contribution in [-0.2, 0) is 27.1 Å². The Balaban J connectivity index is 2.11. The predicted molar refractivity (Wildman–Crippen MR) is 81.8 cm³/mol. The van der Waals surface area contributed by atoms with E-state index in [0.717, 1.165) is 12.1 Å². The molecule has 3 N–H and O–H groups in total. The molecule has 0 radical (unpaired) electrons. The lowest BCUT2D eigenvalue weighted by Crippen LogP contribution is -2.43. The lowest BCUT2D eigenvalue weighted by molar-refractivity contribution is -0.138. The van der Waals surface area contributed by atoms with Crippen molar-refractivity contribution < 1.29 is 37.8 Å². The highest BCUT2D eigenvalue weighted by molar-refractivity contribution is 6.19. The van der Waals surface area contributed by atoms with Gasteiger partial charge in [0.15, 0.2) is 0 Å². The van der Waals surface area contributed by atoms with Gasteiger partial charge in [-0.15, -0.1) is 0 Å². The molecule has 140 valence electrons. The first kappa shape index (κ1) is 19.3. The maximum atomic E-state index is 12.6. The number of aliphatic hydroxyl groups excluding tert-OH is 1. The number of rotatable bonds is 5. The molecule has 1 heterocycles. The SMILES string of the molecule is O=C(O)CNC(=O)C1=C(O)CCN(Cc2ccc(C(F)(F)F)cc2)C1=O. The van der Waals surface area contributed by atoms with Gasteiger partial charge in [-0.2, -0.15) is 13.2 Å². The molecule has 0 bridgehead atoms. The van der Waals surface area contributed by atoms with E-state index in [9.17, 15) is 32.7 Å². The molecule has 0 spiro atoms. The van der Waals surface area contributed by atoms with Crippen LogP contribution in [0.5, 0.6) is 0 Å². The lowest BCUT2D eigenvalue weighted by atomic mass is 10.0. The van der Waals surface area contributed by atoms with E-state index in [2.05, 4.69) is 0 Å². The molecule has 0 aromatic heterocycles. The first-order valence-electron chi connectivity index (χ1n) is 7.47. The van der Waals surface area contributed by atoms with Gasteiger partial charge in [-0.25, -0.2) is 0 Å². The Morgan fingerprint density at radius 2 is 1.81 bits per heavy atom.